The molecule has 1 aliphatic rings. The van der Waals surface area contributed by atoms with Gasteiger partial charge in [-0.2, -0.15) is 5.26 Å². The molecule has 7 heteroatoms. The van der Waals surface area contributed by atoms with E-state index in [0.717, 1.165) is 0 Å². The number of hydrogen-bond acceptors (Lipinski definition) is 6. The third-order valence-corrected chi connectivity index (χ3v) is 4.63. The van der Waals surface area contributed by atoms with Gasteiger partial charge in [0.2, 0.25) is 5.88 Å². The van der Waals surface area contributed by atoms with Crippen LogP contribution in [0.15, 0.2) is 59.6 Å². The van der Waals surface area contributed by atoms with Gasteiger partial charge in [-0.05, 0) is 43.7 Å². The third kappa shape index (κ3) is 3.69. The summed E-state index contributed by atoms with van der Waals surface area (Å²) in [6.07, 6.45) is 3.56. The summed E-state index contributed by atoms with van der Waals surface area (Å²) in [6, 6.07) is 11.2. The zero-order valence-corrected chi connectivity index (χ0v) is 16.8. The largest absolute Gasteiger partial charge is 0.493 e. The van der Waals surface area contributed by atoms with Gasteiger partial charge >= 0.3 is 5.97 Å². The van der Waals surface area contributed by atoms with Gasteiger partial charge in [-0.25, -0.2) is 4.79 Å². The molecule has 0 bridgehead atoms. The Labute approximate surface area is 169 Å². The van der Waals surface area contributed by atoms with Crippen molar-refractivity contribution in [2.75, 3.05) is 20.8 Å². The monoisotopic (exact) mass is 394 g/mol. The van der Waals surface area contributed by atoms with E-state index in [1.54, 1.807) is 56.1 Å². The molecule has 0 aliphatic carbocycles. The van der Waals surface area contributed by atoms with E-state index in [1.165, 1.54) is 7.11 Å². The molecule has 1 unspecified atom stereocenters. The molecule has 1 aromatic heterocycles. The molecule has 7 nitrogen and oxygen atoms in total. The quantitative estimate of drug-likeness (QED) is 0.692. The summed E-state index contributed by atoms with van der Waals surface area (Å²) in [7, 11) is 3.08. The van der Waals surface area contributed by atoms with Crippen molar-refractivity contribution in [1.82, 2.24) is 4.57 Å². The number of nitrogens with zero attached hydrogens (tertiary/aromatic N) is 2. The molecular formula is C22H22N2O5. The summed E-state index contributed by atoms with van der Waals surface area (Å²) in [5.74, 6) is 0.579. The maximum Gasteiger partial charge on any atom is 0.338 e. The van der Waals surface area contributed by atoms with Crippen molar-refractivity contribution in [3.05, 3.63) is 65.2 Å². The molecule has 29 heavy (non-hydrogen) atoms. The number of hydrogen-bond donors (Lipinski definition) is 0. The third-order valence-electron chi connectivity index (χ3n) is 4.63. The predicted molar refractivity (Wildman–Crippen MR) is 106 cm³/mol. The zero-order valence-electron chi connectivity index (χ0n) is 16.8. The Balaban J connectivity index is 2.24. The van der Waals surface area contributed by atoms with Gasteiger partial charge in [-0.15, -0.1) is 0 Å². The van der Waals surface area contributed by atoms with Crippen LogP contribution in [0.1, 0.15) is 25.3 Å². The van der Waals surface area contributed by atoms with Gasteiger partial charge in [0.05, 0.1) is 32.3 Å². The molecule has 0 amide bonds. The Morgan fingerprint density at radius 2 is 1.90 bits per heavy atom. The smallest absolute Gasteiger partial charge is 0.338 e. The molecule has 1 aromatic carbocycles. The van der Waals surface area contributed by atoms with Gasteiger partial charge < -0.3 is 18.9 Å². The normalized spacial score (nSPS) is 16.2. The summed E-state index contributed by atoms with van der Waals surface area (Å²) in [6.45, 7) is 3.64. The van der Waals surface area contributed by atoms with Gasteiger partial charge in [0.1, 0.15) is 17.4 Å². The van der Waals surface area contributed by atoms with Crippen LogP contribution >= 0.6 is 0 Å². The van der Waals surface area contributed by atoms with Crippen LogP contribution in [-0.4, -0.2) is 31.4 Å². The Morgan fingerprint density at radius 3 is 2.48 bits per heavy atom. The van der Waals surface area contributed by atoms with E-state index in [0.29, 0.717) is 34.3 Å². The fourth-order valence-electron chi connectivity index (χ4n) is 3.34. The highest BCUT2D eigenvalue weighted by Gasteiger charge is 2.37. The predicted octanol–water partition coefficient (Wildman–Crippen LogP) is 3.85. The van der Waals surface area contributed by atoms with E-state index >= 15 is 0 Å². The van der Waals surface area contributed by atoms with Crippen LogP contribution in [0.2, 0.25) is 0 Å². The molecule has 1 aliphatic heterocycles. The van der Waals surface area contributed by atoms with Gasteiger partial charge in [0.25, 0.3) is 0 Å². The molecule has 2 aromatic rings. The average molecular weight is 394 g/mol. The van der Waals surface area contributed by atoms with Crippen molar-refractivity contribution in [3.63, 3.8) is 0 Å². The molecule has 0 spiro atoms. The Morgan fingerprint density at radius 1 is 1.21 bits per heavy atom. The second kappa shape index (κ2) is 8.57. The lowest BCUT2D eigenvalue weighted by Crippen LogP contribution is -2.24. The van der Waals surface area contributed by atoms with E-state index in [9.17, 15) is 10.1 Å². The van der Waals surface area contributed by atoms with Gasteiger partial charge in [-0.3, -0.25) is 4.57 Å². The number of carbonyl (C=O) groups is 1. The van der Waals surface area contributed by atoms with E-state index < -0.39 is 11.9 Å². The van der Waals surface area contributed by atoms with E-state index in [2.05, 4.69) is 6.07 Å². The van der Waals surface area contributed by atoms with Crippen molar-refractivity contribution < 1.29 is 23.7 Å². The van der Waals surface area contributed by atoms with Crippen LogP contribution in [0.25, 0.3) is 5.88 Å². The summed E-state index contributed by atoms with van der Waals surface area (Å²) in [5.41, 5.74) is 1.27. The Kier molecular flexibility index (Phi) is 5.93. The lowest BCUT2D eigenvalue weighted by molar-refractivity contribution is -0.139. The average Bonchev–Trinajstić information content (AvgIpc) is 3.27. The molecule has 0 N–H and O–H groups in total. The zero-order chi connectivity index (χ0) is 21.0. The van der Waals surface area contributed by atoms with Crippen molar-refractivity contribution in [2.45, 2.75) is 19.8 Å². The van der Waals surface area contributed by atoms with Crippen molar-refractivity contribution in [1.29, 1.82) is 5.26 Å². The minimum atomic E-state index is -0.676. The second-order valence-corrected chi connectivity index (χ2v) is 6.26. The topological polar surface area (TPSA) is 82.7 Å². The maximum absolute atomic E-state index is 12.8. The first kappa shape index (κ1) is 20.1. The number of nitriles is 1. The molecule has 3 rings (SSSR count). The number of aromatic nitrogens is 1. The highest BCUT2D eigenvalue weighted by atomic mass is 16.5. The summed E-state index contributed by atoms with van der Waals surface area (Å²) < 4.78 is 23.6. The van der Waals surface area contributed by atoms with Crippen molar-refractivity contribution in [2.24, 2.45) is 0 Å². The summed E-state index contributed by atoms with van der Waals surface area (Å²) >= 11 is 0. The Bertz CT molecular complexity index is 1010. The van der Waals surface area contributed by atoms with Crippen LogP contribution in [0.3, 0.4) is 0 Å². The molecule has 0 saturated carbocycles. The molecule has 2 heterocycles. The molecular weight excluding hydrogens is 372 g/mol. The number of carbonyl (C=O) groups excluding carboxylic acids is 1. The number of esters is 1. The maximum atomic E-state index is 12.8. The van der Waals surface area contributed by atoms with E-state index in [4.69, 9.17) is 18.9 Å². The van der Waals surface area contributed by atoms with E-state index in [-0.39, 0.29) is 12.2 Å². The fourth-order valence-corrected chi connectivity index (χ4v) is 3.34. The van der Waals surface area contributed by atoms with Crippen LogP contribution in [0.4, 0.5) is 0 Å². The van der Waals surface area contributed by atoms with Gasteiger partial charge in [0, 0.05) is 12.4 Å². The molecule has 150 valence electrons. The number of allylic oxidation sites excluding steroid dienone is 2. The number of rotatable bonds is 6. The first-order chi connectivity index (χ1) is 14.0. The van der Waals surface area contributed by atoms with Crippen LogP contribution in [-0.2, 0) is 14.3 Å². The molecule has 1 atom stereocenters. The first-order valence-electron chi connectivity index (χ1n) is 9.10. The minimum Gasteiger partial charge on any atom is -0.493 e. The van der Waals surface area contributed by atoms with Crippen molar-refractivity contribution in [3.8, 4) is 17.6 Å². The lowest BCUT2D eigenvalue weighted by atomic mass is 9.83. The minimum absolute atomic E-state index is 0.213. The van der Waals surface area contributed by atoms with Crippen LogP contribution < -0.4 is 9.47 Å². The first-order valence-corrected chi connectivity index (χ1v) is 9.10. The van der Waals surface area contributed by atoms with Gasteiger partial charge in [0.15, 0.2) is 11.5 Å². The summed E-state index contributed by atoms with van der Waals surface area (Å²) in [4.78, 5) is 12.8. The number of methoxy groups -OCH3 is 2. The van der Waals surface area contributed by atoms with Crippen LogP contribution in [0.5, 0.6) is 11.5 Å². The second-order valence-electron chi connectivity index (χ2n) is 6.26. The summed E-state index contributed by atoms with van der Waals surface area (Å²) in [5, 5.41) is 10.0. The highest BCUT2D eigenvalue weighted by molar-refractivity contribution is 5.93. The Hall–Kier alpha value is -3.66. The number of ether oxygens (including phenoxy) is 4. The fraction of sp³-hybridized carbons (Fsp3) is 0.273. The standard InChI is InChI=1S/C22H22N2O5/c1-5-28-22(25)19-14(2)29-21(24-10-6-7-11-24)16(13-23)20(19)15-8-9-17(26-3)18(12-15)27-4/h6-12,20H,5H2,1-4H3. The highest BCUT2D eigenvalue weighted by Crippen LogP contribution is 2.44. The number of benzene rings is 1. The molecule has 0 saturated heterocycles. The van der Waals surface area contributed by atoms with Crippen LogP contribution in [0, 0.1) is 11.3 Å². The van der Waals surface area contributed by atoms with Gasteiger partial charge in [-0.1, -0.05) is 6.07 Å². The lowest BCUT2D eigenvalue weighted by Gasteiger charge is -2.29. The van der Waals surface area contributed by atoms with Crippen molar-refractivity contribution >= 4 is 11.9 Å². The molecule has 0 radical (unpaired) electrons. The molecule has 0 fully saturated rings. The van der Waals surface area contributed by atoms with E-state index in [1.807, 2.05) is 12.1 Å². The SMILES string of the molecule is CCOC(=O)C1=C(C)OC(n2cccc2)=C(C#N)C1c1ccc(OC)c(OC)c1.